The highest BCUT2D eigenvalue weighted by Gasteiger charge is 2.59. The maximum atomic E-state index is 12.5. The molecule has 9 nitrogen and oxygen atoms in total. The number of fused-ring (bicyclic) bond motifs is 1. The van der Waals surface area contributed by atoms with Gasteiger partial charge in [-0.2, -0.15) is 0 Å². The van der Waals surface area contributed by atoms with E-state index in [9.17, 15) is 29.7 Å². The van der Waals surface area contributed by atoms with Crippen LogP contribution in [0.3, 0.4) is 0 Å². The van der Waals surface area contributed by atoms with Crippen molar-refractivity contribution in [2.75, 3.05) is 27.4 Å². The zero-order valence-corrected chi connectivity index (χ0v) is 19.8. The Labute approximate surface area is 189 Å². The number of rotatable bonds is 9. The Morgan fingerprint density at radius 3 is 2.19 bits per heavy atom. The van der Waals surface area contributed by atoms with Crippen molar-refractivity contribution in [3.05, 3.63) is 0 Å². The first-order valence-electron chi connectivity index (χ1n) is 11.2. The van der Waals surface area contributed by atoms with Crippen molar-refractivity contribution in [3.63, 3.8) is 0 Å². The van der Waals surface area contributed by atoms with Crippen molar-refractivity contribution < 1.29 is 43.9 Å². The van der Waals surface area contributed by atoms with Gasteiger partial charge >= 0.3 is 17.9 Å². The molecule has 0 aromatic carbocycles. The number of carboxylic acid groups (broad SMARTS) is 1. The van der Waals surface area contributed by atoms with E-state index in [1.54, 1.807) is 6.92 Å². The van der Waals surface area contributed by atoms with Crippen LogP contribution >= 0.6 is 0 Å². The summed E-state index contributed by atoms with van der Waals surface area (Å²) < 4.78 is 15.4. The Bertz CT molecular complexity index is 706. The third-order valence-corrected chi connectivity index (χ3v) is 8.09. The number of aliphatic hydroxyl groups excluding tert-OH is 1. The molecule has 2 rings (SSSR count). The Morgan fingerprint density at radius 1 is 1.03 bits per heavy atom. The van der Waals surface area contributed by atoms with Crippen LogP contribution in [-0.4, -0.2) is 72.4 Å². The van der Waals surface area contributed by atoms with Gasteiger partial charge in [0.15, 0.2) is 6.10 Å². The van der Waals surface area contributed by atoms with Gasteiger partial charge in [0.1, 0.15) is 5.92 Å². The lowest BCUT2D eigenvalue weighted by Gasteiger charge is -2.61. The smallest absolute Gasteiger partial charge is 0.335 e. The van der Waals surface area contributed by atoms with Gasteiger partial charge in [0.05, 0.1) is 32.8 Å². The minimum Gasteiger partial charge on any atom is -0.481 e. The second kappa shape index (κ2) is 10.1. The molecule has 3 N–H and O–H groups in total. The zero-order chi connectivity index (χ0) is 24.3. The van der Waals surface area contributed by atoms with E-state index in [1.807, 2.05) is 0 Å². The van der Waals surface area contributed by atoms with E-state index in [0.717, 1.165) is 39.9 Å². The molecule has 2 aliphatic rings. The van der Waals surface area contributed by atoms with Gasteiger partial charge in [0, 0.05) is 12.5 Å². The molecule has 2 aliphatic carbocycles. The lowest BCUT2D eigenvalue weighted by molar-refractivity contribution is -0.206. The standard InChI is InChI=1S/C23H38O9/c1-21(13-24)8-6-9-22(2)15(21)7-10-23(3,29)16(22)12-32-18(20(28)31-5)14(11-17(25)26)19(27)30-4/h14-16,18,24,29H,6-13H2,1-5H3,(H,25,26)/t14-,15-,16+,18+,21-,22-,23+/m0/s1. The number of methoxy groups -OCH3 is 2. The van der Waals surface area contributed by atoms with Gasteiger partial charge in [-0.05, 0) is 49.4 Å². The average molecular weight is 459 g/mol. The van der Waals surface area contributed by atoms with E-state index in [-0.39, 0.29) is 30.0 Å². The molecule has 2 saturated carbocycles. The van der Waals surface area contributed by atoms with Crippen LogP contribution in [0.4, 0.5) is 0 Å². The molecule has 0 bridgehead atoms. The molecule has 0 radical (unpaired) electrons. The van der Waals surface area contributed by atoms with Crippen LogP contribution in [0.1, 0.15) is 59.3 Å². The first kappa shape index (κ1) is 26.5. The van der Waals surface area contributed by atoms with Gasteiger partial charge < -0.3 is 29.5 Å². The maximum Gasteiger partial charge on any atom is 0.335 e. The molecule has 9 heteroatoms. The number of carbonyl (C=O) groups excluding carboxylic acids is 2. The lowest BCUT2D eigenvalue weighted by atomic mass is 9.45. The van der Waals surface area contributed by atoms with Gasteiger partial charge in [-0.25, -0.2) is 4.79 Å². The Balaban J connectivity index is 2.35. The highest BCUT2D eigenvalue weighted by Crippen LogP contribution is 2.62. The molecular weight excluding hydrogens is 420 g/mol. The molecule has 0 aromatic heterocycles. The summed E-state index contributed by atoms with van der Waals surface area (Å²) in [5.41, 5.74) is -1.74. The van der Waals surface area contributed by atoms with Crippen LogP contribution in [0.5, 0.6) is 0 Å². The summed E-state index contributed by atoms with van der Waals surface area (Å²) in [6.07, 6.45) is 1.76. The molecule has 0 unspecified atom stereocenters. The summed E-state index contributed by atoms with van der Waals surface area (Å²) in [5.74, 6) is -4.66. The van der Waals surface area contributed by atoms with E-state index in [0.29, 0.717) is 6.42 Å². The van der Waals surface area contributed by atoms with Crippen LogP contribution in [-0.2, 0) is 28.6 Å². The van der Waals surface area contributed by atoms with Crippen molar-refractivity contribution in [2.45, 2.75) is 71.0 Å². The van der Waals surface area contributed by atoms with Crippen LogP contribution in [0, 0.1) is 28.6 Å². The number of esters is 2. The predicted octanol–water partition coefficient (Wildman–Crippen LogP) is 1.77. The summed E-state index contributed by atoms with van der Waals surface area (Å²) in [4.78, 5) is 36.0. The number of aliphatic carboxylic acids is 1. The highest BCUT2D eigenvalue weighted by atomic mass is 16.6. The minimum atomic E-state index is -1.48. The molecule has 0 amide bonds. The largest absolute Gasteiger partial charge is 0.481 e. The van der Waals surface area contributed by atoms with E-state index in [2.05, 4.69) is 13.8 Å². The molecular formula is C23H38O9. The Hall–Kier alpha value is -1.71. The second-order valence-electron chi connectivity index (χ2n) is 10.2. The van der Waals surface area contributed by atoms with Crippen molar-refractivity contribution >= 4 is 17.9 Å². The summed E-state index contributed by atoms with van der Waals surface area (Å²) in [5, 5.41) is 30.6. The quantitative estimate of drug-likeness (QED) is 0.441. The number of hydrogen-bond donors (Lipinski definition) is 3. The minimum absolute atomic E-state index is 0.0524. The fourth-order valence-electron chi connectivity index (χ4n) is 6.31. The van der Waals surface area contributed by atoms with Gasteiger partial charge in [0.2, 0.25) is 0 Å². The summed E-state index contributed by atoms with van der Waals surface area (Å²) in [6.45, 7) is 5.90. The third-order valence-electron chi connectivity index (χ3n) is 8.09. The van der Waals surface area contributed by atoms with Crippen molar-refractivity contribution in [1.29, 1.82) is 0 Å². The normalized spacial score (nSPS) is 36.5. The van der Waals surface area contributed by atoms with Crippen molar-refractivity contribution in [2.24, 2.45) is 28.6 Å². The van der Waals surface area contributed by atoms with Gasteiger partial charge in [-0.3, -0.25) is 9.59 Å². The molecule has 7 atom stereocenters. The first-order valence-corrected chi connectivity index (χ1v) is 11.2. The zero-order valence-electron chi connectivity index (χ0n) is 19.8. The van der Waals surface area contributed by atoms with Gasteiger partial charge in [-0.15, -0.1) is 0 Å². The fraction of sp³-hybridized carbons (Fsp3) is 0.870. The van der Waals surface area contributed by atoms with Crippen LogP contribution in [0.25, 0.3) is 0 Å². The topological polar surface area (TPSA) is 140 Å². The highest BCUT2D eigenvalue weighted by molar-refractivity contribution is 5.86. The summed E-state index contributed by atoms with van der Waals surface area (Å²) in [6, 6.07) is 0. The summed E-state index contributed by atoms with van der Waals surface area (Å²) in [7, 11) is 2.25. The lowest BCUT2D eigenvalue weighted by Crippen LogP contribution is -2.60. The number of carboxylic acids is 1. The molecule has 0 spiro atoms. The van der Waals surface area contributed by atoms with Crippen LogP contribution in [0.15, 0.2) is 0 Å². The SMILES string of the molecule is COC(=O)[C@@H](CC(=O)O)[C@@H](OC[C@@H]1[C@@]2(C)CCC[C@@](C)(CO)[C@@H]2CC[C@@]1(C)O)C(=O)OC. The Morgan fingerprint density at radius 2 is 1.66 bits per heavy atom. The molecule has 2 fully saturated rings. The maximum absolute atomic E-state index is 12.5. The number of ether oxygens (including phenoxy) is 3. The number of carbonyl (C=O) groups is 3. The average Bonchev–Trinajstić information content (AvgIpc) is 2.72. The monoisotopic (exact) mass is 458 g/mol. The number of aliphatic hydroxyl groups is 2. The van der Waals surface area contributed by atoms with Gasteiger partial charge in [-0.1, -0.05) is 20.3 Å². The molecule has 184 valence electrons. The molecule has 0 aromatic rings. The van der Waals surface area contributed by atoms with Crippen molar-refractivity contribution in [1.82, 2.24) is 0 Å². The second-order valence-corrected chi connectivity index (χ2v) is 10.2. The van der Waals surface area contributed by atoms with E-state index in [4.69, 9.17) is 14.2 Å². The van der Waals surface area contributed by atoms with E-state index >= 15 is 0 Å². The van der Waals surface area contributed by atoms with E-state index < -0.39 is 47.9 Å². The Kier molecular flexibility index (Phi) is 8.34. The summed E-state index contributed by atoms with van der Waals surface area (Å²) >= 11 is 0. The van der Waals surface area contributed by atoms with Gasteiger partial charge in [0.25, 0.3) is 0 Å². The third kappa shape index (κ3) is 5.10. The number of hydrogen-bond acceptors (Lipinski definition) is 8. The molecule has 0 aliphatic heterocycles. The molecule has 0 saturated heterocycles. The van der Waals surface area contributed by atoms with Crippen LogP contribution < -0.4 is 0 Å². The predicted molar refractivity (Wildman–Crippen MR) is 114 cm³/mol. The molecule has 32 heavy (non-hydrogen) atoms. The van der Waals surface area contributed by atoms with Crippen LogP contribution in [0.2, 0.25) is 0 Å². The fourth-order valence-corrected chi connectivity index (χ4v) is 6.31. The first-order chi connectivity index (χ1) is 14.9. The molecule has 0 heterocycles. The van der Waals surface area contributed by atoms with E-state index in [1.165, 1.54) is 0 Å². The van der Waals surface area contributed by atoms with Crippen molar-refractivity contribution in [3.8, 4) is 0 Å².